The summed E-state index contributed by atoms with van der Waals surface area (Å²) in [7, 11) is 1.36. The van der Waals surface area contributed by atoms with Crippen LogP contribution < -0.4 is 10.6 Å². The van der Waals surface area contributed by atoms with Crippen LogP contribution in [0.25, 0.3) is 0 Å². The van der Waals surface area contributed by atoms with Gasteiger partial charge in [0.05, 0.1) is 12.7 Å². The van der Waals surface area contributed by atoms with Gasteiger partial charge in [0.25, 0.3) is 0 Å². The third kappa shape index (κ3) is 4.32. The molecular weight excluding hydrogens is 256 g/mol. The molecule has 1 aromatic rings. The third-order valence-corrected chi connectivity index (χ3v) is 3.19. The second kappa shape index (κ2) is 7.24. The van der Waals surface area contributed by atoms with E-state index in [0.717, 1.165) is 19.4 Å². The van der Waals surface area contributed by atoms with Crippen molar-refractivity contribution in [3.63, 3.8) is 0 Å². The van der Waals surface area contributed by atoms with Crippen molar-refractivity contribution in [3.05, 3.63) is 17.0 Å². The van der Waals surface area contributed by atoms with Gasteiger partial charge >= 0.3 is 5.97 Å². The molecule has 4 nitrogen and oxygen atoms in total. The summed E-state index contributed by atoms with van der Waals surface area (Å²) in [4.78, 5) is 11.4. The number of ether oxygens (including phenoxy) is 1. The number of thiophene rings is 1. The van der Waals surface area contributed by atoms with Gasteiger partial charge in [-0.25, -0.2) is 4.79 Å². The van der Waals surface area contributed by atoms with Crippen molar-refractivity contribution >= 4 is 39.6 Å². The number of hydrogen-bond donors (Lipinski definition) is 2. The average Bonchev–Trinajstić information content (AvgIpc) is 2.76. The monoisotopic (exact) mass is 272 g/mol. The molecule has 0 saturated carbocycles. The Bertz CT molecular complexity index is 391. The van der Waals surface area contributed by atoms with E-state index in [4.69, 9.17) is 12.2 Å². The van der Waals surface area contributed by atoms with Crippen LogP contribution in [0.3, 0.4) is 0 Å². The summed E-state index contributed by atoms with van der Waals surface area (Å²) in [6.45, 7) is 2.95. The van der Waals surface area contributed by atoms with Gasteiger partial charge in [0, 0.05) is 6.54 Å². The van der Waals surface area contributed by atoms with Crippen LogP contribution in [-0.2, 0) is 4.74 Å². The number of unbranched alkanes of at least 4 members (excludes halogenated alkanes) is 1. The average molecular weight is 272 g/mol. The third-order valence-electron chi connectivity index (χ3n) is 2.11. The van der Waals surface area contributed by atoms with Crippen LogP contribution in [0.2, 0.25) is 0 Å². The van der Waals surface area contributed by atoms with Crippen LogP contribution in [0.4, 0.5) is 5.00 Å². The molecule has 0 unspecified atom stereocenters. The lowest BCUT2D eigenvalue weighted by Crippen LogP contribution is -2.29. The molecule has 0 spiro atoms. The second-order valence-corrected chi connectivity index (χ2v) is 4.71. The van der Waals surface area contributed by atoms with Gasteiger partial charge in [0.1, 0.15) is 5.00 Å². The molecule has 1 rings (SSSR count). The molecule has 0 aliphatic carbocycles. The minimum atomic E-state index is -0.356. The fraction of sp³-hybridized carbons (Fsp3) is 0.455. The number of methoxy groups -OCH3 is 1. The summed E-state index contributed by atoms with van der Waals surface area (Å²) in [6, 6.07) is 1.72. The molecule has 17 heavy (non-hydrogen) atoms. The smallest absolute Gasteiger partial charge is 0.340 e. The van der Waals surface area contributed by atoms with E-state index in [-0.39, 0.29) is 5.97 Å². The Kier molecular flexibility index (Phi) is 5.93. The van der Waals surface area contributed by atoms with Gasteiger partial charge < -0.3 is 15.4 Å². The Labute approximate surface area is 110 Å². The van der Waals surface area contributed by atoms with E-state index >= 15 is 0 Å². The van der Waals surface area contributed by atoms with Gasteiger partial charge in [0.15, 0.2) is 5.11 Å². The zero-order valence-corrected chi connectivity index (χ0v) is 11.5. The number of anilines is 1. The lowest BCUT2D eigenvalue weighted by atomic mass is 10.3. The lowest BCUT2D eigenvalue weighted by molar-refractivity contribution is 0.0602. The molecule has 0 aliphatic heterocycles. The topological polar surface area (TPSA) is 50.4 Å². The van der Waals surface area contributed by atoms with Gasteiger partial charge in [-0.05, 0) is 30.1 Å². The van der Waals surface area contributed by atoms with Crippen LogP contribution in [0.5, 0.6) is 0 Å². The Morgan fingerprint density at radius 1 is 1.59 bits per heavy atom. The molecule has 6 heteroatoms. The van der Waals surface area contributed by atoms with E-state index in [1.807, 2.05) is 5.38 Å². The first-order valence-electron chi connectivity index (χ1n) is 5.39. The number of carbonyl (C=O) groups is 1. The number of rotatable bonds is 5. The van der Waals surface area contributed by atoms with Crippen LogP contribution >= 0.6 is 23.6 Å². The molecule has 0 saturated heterocycles. The Morgan fingerprint density at radius 2 is 2.35 bits per heavy atom. The number of hydrogen-bond acceptors (Lipinski definition) is 4. The van der Waals surface area contributed by atoms with Crippen molar-refractivity contribution in [1.82, 2.24) is 5.32 Å². The molecule has 94 valence electrons. The van der Waals surface area contributed by atoms with Gasteiger partial charge in [-0.1, -0.05) is 13.3 Å². The SMILES string of the molecule is CCCCNC(=S)Nc1sccc1C(=O)OC. The van der Waals surface area contributed by atoms with E-state index in [0.29, 0.717) is 15.7 Å². The van der Waals surface area contributed by atoms with Crippen molar-refractivity contribution < 1.29 is 9.53 Å². The van der Waals surface area contributed by atoms with Crippen molar-refractivity contribution in [2.45, 2.75) is 19.8 Å². The normalized spacial score (nSPS) is 9.76. The van der Waals surface area contributed by atoms with E-state index in [1.54, 1.807) is 6.07 Å². The Hall–Kier alpha value is -1.14. The fourth-order valence-electron chi connectivity index (χ4n) is 1.20. The number of carbonyl (C=O) groups excluding carboxylic acids is 1. The zero-order chi connectivity index (χ0) is 12.7. The van der Waals surface area contributed by atoms with Crippen molar-refractivity contribution in [2.75, 3.05) is 19.0 Å². The fourth-order valence-corrected chi connectivity index (χ4v) is 2.25. The number of esters is 1. The molecule has 0 aliphatic rings. The highest BCUT2D eigenvalue weighted by atomic mass is 32.1. The molecule has 0 atom stereocenters. The summed E-state index contributed by atoms with van der Waals surface area (Å²) in [5.41, 5.74) is 0.511. The van der Waals surface area contributed by atoms with Gasteiger partial charge in [-0.15, -0.1) is 11.3 Å². The summed E-state index contributed by atoms with van der Waals surface area (Å²) >= 11 is 6.55. The summed E-state index contributed by atoms with van der Waals surface area (Å²) in [6.07, 6.45) is 2.18. The quantitative estimate of drug-likeness (QED) is 0.490. The second-order valence-electron chi connectivity index (χ2n) is 3.39. The van der Waals surface area contributed by atoms with Crippen molar-refractivity contribution in [3.8, 4) is 0 Å². The standard InChI is InChI=1S/C11H16N2O2S2/c1-3-4-6-12-11(16)13-9-8(5-7-17-9)10(14)15-2/h5,7H,3-4,6H2,1-2H3,(H2,12,13,16). The molecule has 1 heterocycles. The molecule has 1 aromatic heterocycles. The van der Waals surface area contributed by atoms with Crippen LogP contribution in [0.1, 0.15) is 30.1 Å². The summed E-state index contributed by atoms with van der Waals surface area (Å²) in [5.74, 6) is -0.356. The first kappa shape index (κ1) is 13.9. The molecule has 2 N–H and O–H groups in total. The molecule has 0 radical (unpaired) electrons. The first-order valence-corrected chi connectivity index (χ1v) is 6.68. The van der Waals surface area contributed by atoms with Crippen molar-refractivity contribution in [2.24, 2.45) is 0 Å². The maximum absolute atomic E-state index is 11.4. The Morgan fingerprint density at radius 3 is 3.00 bits per heavy atom. The van der Waals surface area contributed by atoms with E-state index in [1.165, 1.54) is 18.4 Å². The number of thiocarbonyl (C=S) groups is 1. The largest absolute Gasteiger partial charge is 0.465 e. The first-order chi connectivity index (χ1) is 8.19. The summed E-state index contributed by atoms with van der Waals surface area (Å²) < 4.78 is 4.68. The Balaban J connectivity index is 2.53. The van der Waals surface area contributed by atoms with Crippen LogP contribution in [0.15, 0.2) is 11.4 Å². The van der Waals surface area contributed by atoms with Gasteiger partial charge in [0.2, 0.25) is 0 Å². The minimum Gasteiger partial charge on any atom is -0.465 e. The van der Waals surface area contributed by atoms with Crippen LogP contribution in [-0.4, -0.2) is 24.7 Å². The predicted molar refractivity (Wildman–Crippen MR) is 74.8 cm³/mol. The lowest BCUT2D eigenvalue weighted by Gasteiger charge is -2.09. The maximum atomic E-state index is 11.4. The van der Waals surface area contributed by atoms with E-state index in [2.05, 4.69) is 22.3 Å². The highest BCUT2D eigenvalue weighted by molar-refractivity contribution is 7.80. The van der Waals surface area contributed by atoms with E-state index < -0.39 is 0 Å². The van der Waals surface area contributed by atoms with Crippen molar-refractivity contribution in [1.29, 1.82) is 0 Å². The van der Waals surface area contributed by atoms with Gasteiger partial charge in [-0.2, -0.15) is 0 Å². The highest BCUT2D eigenvalue weighted by Gasteiger charge is 2.13. The van der Waals surface area contributed by atoms with Crippen LogP contribution in [0, 0.1) is 0 Å². The molecule has 0 aromatic carbocycles. The zero-order valence-electron chi connectivity index (χ0n) is 9.91. The molecule has 0 amide bonds. The molecular formula is C11H16N2O2S2. The number of nitrogens with one attached hydrogen (secondary N) is 2. The van der Waals surface area contributed by atoms with Gasteiger partial charge in [-0.3, -0.25) is 0 Å². The highest BCUT2D eigenvalue weighted by Crippen LogP contribution is 2.23. The predicted octanol–water partition coefficient (Wildman–Crippen LogP) is 2.62. The van der Waals surface area contributed by atoms with E-state index in [9.17, 15) is 4.79 Å². The molecule has 0 fully saturated rings. The maximum Gasteiger partial charge on any atom is 0.340 e. The summed E-state index contributed by atoms with van der Waals surface area (Å²) in [5, 5.41) is 9.15. The molecule has 0 bridgehead atoms. The minimum absolute atomic E-state index is 0.356.